The van der Waals surface area contributed by atoms with E-state index in [0.717, 1.165) is 12.8 Å². The molecule has 0 unspecified atom stereocenters. The molecule has 0 aromatic rings. The molecule has 1 amide bonds. The lowest BCUT2D eigenvalue weighted by Crippen LogP contribution is -2.25. The van der Waals surface area contributed by atoms with E-state index in [1.54, 1.807) is 0 Å². The van der Waals surface area contributed by atoms with Crippen molar-refractivity contribution in [2.24, 2.45) is 0 Å². The third kappa shape index (κ3) is 3.46. The molecule has 0 aromatic carbocycles. The third-order valence-corrected chi connectivity index (χ3v) is 1.30. The Morgan fingerprint density at radius 2 is 2.45 bits per heavy atom. The summed E-state index contributed by atoms with van der Waals surface area (Å²) in [5, 5.41) is 10.6. The number of hydrogen-bond acceptors (Lipinski definition) is 3. The molecule has 0 heterocycles. The van der Waals surface area contributed by atoms with E-state index >= 15 is 0 Å². The summed E-state index contributed by atoms with van der Waals surface area (Å²) in [5.41, 5.74) is 0. The first-order chi connectivity index (χ1) is 5.33. The van der Waals surface area contributed by atoms with Crippen LogP contribution in [-0.2, 0) is 4.74 Å². The SMILES string of the molecule is N#CCCNC(=O)OC1CC1. The summed E-state index contributed by atoms with van der Waals surface area (Å²) in [6, 6.07) is 1.92. The van der Waals surface area contributed by atoms with Crippen molar-refractivity contribution in [3.8, 4) is 6.07 Å². The number of hydrogen-bond donors (Lipinski definition) is 1. The normalized spacial score (nSPS) is 15.2. The van der Waals surface area contributed by atoms with E-state index in [2.05, 4.69) is 5.32 Å². The number of nitriles is 1. The first-order valence-corrected chi connectivity index (χ1v) is 3.64. The second kappa shape index (κ2) is 3.81. The molecule has 1 fully saturated rings. The van der Waals surface area contributed by atoms with Crippen molar-refractivity contribution in [3.05, 3.63) is 0 Å². The Bertz CT molecular complexity index is 181. The smallest absolute Gasteiger partial charge is 0.407 e. The van der Waals surface area contributed by atoms with Crippen LogP contribution in [0.1, 0.15) is 19.3 Å². The van der Waals surface area contributed by atoms with Crippen LogP contribution in [0.15, 0.2) is 0 Å². The number of ether oxygens (including phenoxy) is 1. The summed E-state index contributed by atoms with van der Waals surface area (Å²) in [4.78, 5) is 10.7. The maximum absolute atomic E-state index is 10.7. The highest BCUT2D eigenvalue weighted by Crippen LogP contribution is 2.23. The minimum Gasteiger partial charge on any atom is -0.446 e. The molecule has 4 nitrogen and oxygen atoms in total. The van der Waals surface area contributed by atoms with Crippen molar-refractivity contribution in [1.82, 2.24) is 5.32 Å². The fraction of sp³-hybridized carbons (Fsp3) is 0.714. The number of nitrogens with zero attached hydrogens (tertiary/aromatic N) is 1. The summed E-state index contributed by atoms with van der Waals surface area (Å²) in [5.74, 6) is 0. The van der Waals surface area contributed by atoms with Crippen LogP contribution in [0.2, 0.25) is 0 Å². The maximum atomic E-state index is 10.7. The molecule has 0 radical (unpaired) electrons. The van der Waals surface area contributed by atoms with Gasteiger partial charge in [-0.25, -0.2) is 4.79 Å². The highest BCUT2D eigenvalue weighted by molar-refractivity contribution is 5.67. The number of carbonyl (C=O) groups is 1. The number of alkyl carbamates (subject to hydrolysis) is 1. The highest BCUT2D eigenvalue weighted by atomic mass is 16.6. The summed E-state index contributed by atoms with van der Waals surface area (Å²) in [7, 11) is 0. The zero-order valence-corrected chi connectivity index (χ0v) is 6.17. The third-order valence-electron chi connectivity index (χ3n) is 1.30. The number of rotatable bonds is 3. The molecule has 60 valence electrons. The van der Waals surface area contributed by atoms with E-state index in [0.29, 0.717) is 13.0 Å². The summed E-state index contributed by atoms with van der Waals surface area (Å²) < 4.78 is 4.85. The van der Waals surface area contributed by atoms with Gasteiger partial charge in [0.1, 0.15) is 6.10 Å². The minimum absolute atomic E-state index is 0.136. The van der Waals surface area contributed by atoms with Gasteiger partial charge in [-0.15, -0.1) is 0 Å². The molecule has 0 aliphatic heterocycles. The Kier molecular flexibility index (Phi) is 2.73. The molecule has 4 heteroatoms. The fourth-order valence-electron chi connectivity index (χ4n) is 0.599. The molecule has 1 aliphatic carbocycles. The molecular formula is C7H10N2O2. The van der Waals surface area contributed by atoms with Crippen LogP contribution >= 0.6 is 0 Å². The molecular weight excluding hydrogens is 144 g/mol. The van der Waals surface area contributed by atoms with Gasteiger partial charge in [-0.05, 0) is 12.8 Å². The van der Waals surface area contributed by atoms with Crippen molar-refractivity contribution in [3.63, 3.8) is 0 Å². The molecule has 1 saturated carbocycles. The second-order valence-corrected chi connectivity index (χ2v) is 2.44. The molecule has 1 N–H and O–H groups in total. The zero-order valence-electron chi connectivity index (χ0n) is 6.17. The van der Waals surface area contributed by atoms with Crippen LogP contribution in [-0.4, -0.2) is 18.7 Å². The Morgan fingerprint density at radius 3 is 3.00 bits per heavy atom. The largest absolute Gasteiger partial charge is 0.446 e. The molecule has 0 aromatic heterocycles. The predicted octanol–water partition coefficient (Wildman–Crippen LogP) is 0.789. The monoisotopic (exact) mass is 154 g/mol. The topological polar surface area (TPSA) is 62.1 Å². The lowest BCUT2D eigenvalue weighted by molar-refractivity contribution is 0.139. The van der Waals surface area contributed by atoms with Gasteiger partial charge in [-0.3, -0.25) is 0 Å². The van der Waals surface area contributed by atoms with Gasteiger partial charge in [0.05, 0.1) is 12.5 Å². The number of carbonyl (C=O) groups excluding carboxylic acids is 1. The van der Waals surface area contributed by atoms with Gasteiger partial charge >= 0.3 is 6.09 Å². The van der Waals surface area contributed by atoms with Crippen LogP contribution in [0.25, 0.3) is 0 Å². The first kappa shape index (κ1) is 7.86. The average molecular weight is 154 g/mol. The van der Waals surface area contributed by atoms with Crippen molar-refractivity contribution in [2.45, 2.75) is 25.4 Å². The number of nitrogens with one attached hydrogen (secondary N) is 1. The molecule has 0 atom stereocenters. The van der Waals surface area contributed by atoms with Gasteiger partial charge in [0.25, 0.3) is 0 Å². The van der Waals surface area contributed by atoms with Gasteiger partial charge in [-0.2, -0.15) is 5.26 Å². The molecule has 1 rings (SSSR count). The average Bonchev–Trinajstić information content (AvgIpc) is 2.72. The Hall–Kier alpha value is -1.24. The van der Waals surface area contributed by atoms with Crippen molar-refractivity contribution >= 4 is 6.09 Å². The van der Waals surface area contributed by atoms with Crippen LogP contribution in [0.5, 0.6) is 0 Å². The summed E-state index contributed by atoms with van der Waals surface area (Å²) in [6.07, 6.45) is 2.02. The molecule has 1 aliphatic rings. The Morgan fingerprint density at radius 1 is 1.73 bits per heavy atom. The van der Waals surface area contributed by atoms with E-state index in [1.165, 1.54) is 0 Å². The molecule has 0 bridgehead atoms. The van der Waals surface area contributed by atoms with Crippen molar-refractivity contribution in [2.75, 3.05) is 6.54 Å². The molecule has 0 saturated heterocycles. The van der Waals surface area contributed by atoms with Crippen LogP contribution in [0.4, 0.5) is 4.79 Å². The Labute approximate surface area is 65.1 Å². The molecule has 11 heavy (non-hydrogen) atoms. The van der Waals surface area contributed by atoms with Gasteiger partial charge in [0, 0.05) is 6.54 Å². The lowest BCUT2D eigenvalue weighted by Gasteiger charge is -2.02. The van der Waals surface area contributed by atoms with Crippen LogP contribution in [0.3, 0.4) is 0 Å². The minimum atomic E-state index is -0.400. The van der Waals surface area contributed by atoms with E-state index in [-0.39, 0.29) is 6.10 Å². The highest BCUT2D eigenvalue weighted by Gasteiger charge is 2.25. The number of amides is 1. The van der Waals surface area contributed by atoms with Crippen molar-refractivity contribution < 1.29 is 9.53 Å². The van der Waals surface area contributed by atoms with Crippen LogP contribution < -0.4 is 5.32 Å². The zero-order chi connectivity index (χ0) is 8.10. The van der Waals surface area contributed by atoms with E-state index < -0.39 is 6.09 Å². The van der Waals surface area contributed by atoms with Gasteiger partial charge in [0.2, 0.25) is 0 Å². The second-order valence-electron chi connectivity index (χ2n) is 2.44. The fourth-order valence-corrected chi connectivity index (χ4v) is 0.599. The van der Waals surface area contributed by atoms with E-state index in [1.807, 2.05) is 6.07 Å². The van der Waals surface area contributed by atoms with E-state index in [4.69, 9.17) is 10.00 Å². The van der Waals surface area contributed by atoms with E-state index in [9.17, 15) is 4.79 Å². The quantitative estimate of drug-likeness (QED) is 0.611. The molecule has 0 spiro atoms. The first-order valence-electron chi connectivity index (χ1n) is 3.64. The summed E-state index contributed by atoms with van der Waals surface area (Å²) >= 11 is 0. The lowest BCUT2D eigenvalue weighted by atomic mass is 10.5. The van der Waals surface area contributed by atoms with Crippen LogP contribution in [0, 0.1) is 11.3 Å². The van der Waals surface area contributed by atoms with Gasteiger partial charge in [0.15, 0.2) is 0 Å². The van der Waals surface area contributed by atoms with Gasteiger partial charge in [-0.1, -0.05) is 0 Å². The Balaban J connectivity index is 1.97. The summed E-state index contributed by atoms with van der Waals surface area (Å²) in [6.45, 7) is 0.377. The van der Waals surface area contributed by atoms with Crippen molar-refractivity contribution in [1.29, 1.82) is 5.26 Å². The van der Waals surface area contributed by atoms with Gasteiger partial charge < -0.3 is 10.1 Å². The standard InChI is InChI=1S/C7H10N2O2/c8-4-1-5-9-7(10)11-6-2-3-6/h6H,1-3,5H2,(H,9,10). The predicted molar refractivity (Wildman–Crippen MR) is 37.7 cm³/mol. The maximum Gasteiger partial charge on any atom is 0.407 e.